The largest absolute Gasteiger partial charge is 0.310 e. The van der Waals surface area contributed by atoms with E-state index in [4.69, 9.17) is 29.6 Å². The average molecular weight is 216 g/mol. The molecule has 0 aliphatic heterocycles. The molecule has 0 aliphatic carbocycles. The van der Waals surface area contributed by atoms with E-state index in [1.54, 1.807) is 0 Å². The second-order valence-corrected chi connectivity index (χ2v) is 2.64. The fraction of sp³-hybridized carbons (Fsp3) is 0. The third kappa shape index (κ3) is 2.31. The van der Waals surface area contributed by atoms with Crippen molar-refractivity contribution in [3.63, 3.8) is 0 Å². The van der Waals surface area contributed by atoms with Gasteiger partial charge in [-0.2, -0.15) is 0 Å². The molecule has 0 radical (unpaired) electrons. The summed E-state index contributed by atoms with van der Waals surface area (Å²) in [5.41, 5.74) is 0.119. The number of carbonyl (C=O) groups is 1. The molecule has 0 bridgehead atoms. The molecule has 6 heteroatoms. The van der Waals surface area contributed by atoms with Crippen LogP contribution >= 0.6 is 23.2 Å². The van der Waals surface area contributed by atoms with Crippen molar-refractivity contribution < 1.29 is 4.79 Å². The van der Waals surface area contributed by atoms with Crippen LogP contribution < -0.4 is 5.32 Å². The first-order chi connectivity index (χ1) is 6.15. The Bertz CT molecular complexity index is 366. The van der Waals surface area contributed by atoms with Crippen molar-refractivity contribution in [2.24, 2.45) is 0 Å². The van der Waals surface area contributed by atoms with Crippen LogP contribution in [-0.2, 0) is 4.79 Å². The van der Waals surface area contributed by atoms with Gasteiger partial charge in [0.2, 0.25) is 0 Å². The highest BCUT2D eigenvalue weighted by molar-refractivity contribution is 6.38. The maximum atomic E-state index is 10.8. The monoisotopic (exact) mass is 215 g/mol. The Morgan fingerprint density at radius 1 is 1.46 bits per heavy atom. The molecule has 4 nitrogen and oxygen atoms in total. The Kier molecular flexibility index (Phi) is 3.07. The van der Waals surface area contributed by atoms with Gasteiger partial charge in [-0.1, -0.05) is 23.2 Å². The zero-order chi connectivity index (χ0) is 9.84. The standard InChI is InChI=1S/C7H3Cl2N3O/c1-2-4(13)12-5-6(8)10-3-11-7(5)9/h1,3H,(H,12,13). The Morgan fingerprint density at radius 3 is 2.46 bits per heavy atom. The van der Waals surface area contributed by atoms with Gasteiger partial charge in [0.25, 0.3) is 5.91 Å². The molecule has 0 unspecified atom stereocenters. The van der Waals surface area contributed by atoms with Crippen molar-refractivity contribution in [2.45, 2.75) is 0 Å². The van der Waals surface area contributed by atoms with Crippen LogP contribution in [0.3, 0.4) is 0 Å². The highest BCUT2D eigenvalue weighted by atomic mass is 35.5. The van der Waals surface area contributed by atoms with Gasteiger partial charge in [0, 0.05) is 0 Å². The minimum atomic E-state index is -0.654. The zero-order valence-corrected chi connectivity index (χ0v) is 7.73. The summed E-state index contributed by atoms with van der Waals surface area (Å²) >= 11 is 11.2. The van der Waals surface area contributed by atoms with Gasteiger partial charge >= 0.3 is 0 Å². The van der Waals surface area contributed by atoms with E-state index in [-0.39, 0.29) is 16.0 Å². The van der Waals surface area contributed by atoms with Gasteiger partial charge in [0.05, 0.1) is 0 Å². The van der Waals surface area contributed by atoms with E-state index >= 15 is 0 Å². The zero-order valence-electron chi connectivity index (χ0n) is 6.21. The van der Waals surface area contributed by atoms with Crippen LogP contribution in [0.25, 0.3) is 0 Å². The molecule has 0 fully saturated rings. The summed E-state index contributed by atoms with van der Waals surface area (Å²) in [6.07, 6.45) is 6.01. The first-order valence-electron chi connectivity index (χ1n) is 3.08. The predicted molar refractivity (Wildman–Crippen MR) is 49.5 cm³/mol. The Morgan fingerprint density at radius 2 is 2.00 bits per heavy atom. The number of anilines is 1. The van der Waals surface area contributed by atoms with Crippen molar-refractivity contribution in [3.8, 4) is 12.3 Å². The van der Waals surface area contributed by atoms with E-state index in [0.29, 0.717) is 0 Å². The lowest BCUT2D eigenvalue weighted by molar-refractivity contribution is -0.111. The molecule has 0 saturated carbocycles. The number of amides is 1. The van der Waals surface area contributed by atoms with Gasteiger partial charge in [0.1, 0.15) is 12.0 Å². The van der Waals surface area contributed by atoms with Crippen molar-refractivity contribution in [3.05, 3.63) is 16.6 Å². The molecule has 0 aliphatic rings. The lowest BCUT2D eigenvalue weighted by Crippen LogP contribution is -2.09. The average Bonchev–Trinajstić information content (AvgIpc) is 2.11. The first-order valence-corrected chi connectivity index (χ1v) is 3.84. The molecule has 1 rings (SSSR count). The lowest BCUT2D eigenvalue weighted by atomic mass is 10.5. The van der Waals surface area contributed by atoms with Crippen LogP contribution in [0.15, 0.2) is 6.33 Å². The topological polar surface area (TPSA) is 54.9 Å². The molecular weight excluding hydrogens is 213 g/mol. The van der Waals surface area contributed by atoms with E-state index in [1.807, 2.05) is 5.92 Å². The van der Waals surface area contributed by atoms with E-state index in [2.05, 4.69) is 15.3 Å². The van der Waals surface area contributed by atoms with E-state index in [1.165, 1.54) is 6.33 Å². The number of aromatic nitrogens is 2. The van der Waals surface area contributed by atoms with Gasteiger partial charge in [-0.25, -0.2) is 9.97 Å². The number of nitrogens with zero attached hydrogens (tertiary/aromatic N) is 2. The van der Waals surface area contributed by atoms with Crippen LogP contribution in [-0.4, -0.2) is 15.9 Å². The minimum absolute atomic E-state index is 0.0450. The quantitative estimate of drug-likeness (QED) is 0.569. The van der Waals surface area contributed by atoms with Gasteiger partial charge < -0.3 is 5.32 Å². The number of halogens is 2. The van der Waals surface area contributed by atoms with E-state index in [0.717, 1.165) is 0 Å². The van der Waals surface area contributed by atoms with Crippen molar-refractivity contribution in [1.82, 2.24) is 9.97 Å². The van der Waals surface area contributed by atoms with Crippen molar-refractivity contribution >= 4 is 34.8 Å². The van der Waals surface area contributed by atoms with Gasteiger partial charge in [-0.15, -0.1) is 6.42 Å². The Labute approximate surface area is 84.3 Å². The summed E-state index contributed by atoms with van der Waals surface area (Å²) in [6.45, 7) is 0. The fourth-order valence-electron chi connectivity index (χ4n) is 0.597. The maximum absolute atomic E-state index is 10.8. The van der Waals surface area contributed by atoms with Crippen molar-refractivity contribution in [1.29, 1.82) is 0 Å². The molecule has 1 heterocycles. The SMILES string of the molecule is C#CC(=O)Nc1c(Cl)ncnc1Cl. The highest BCUT2D eigenvalue weighted by Crippen LogP contribution is 2.25. The van der Waals surface area contributed by atoms with Crippen molar-refractivity contribution in [2.75, 3.05) is 5.32 Å². The van der Waals surface area contributed by atoms with Crippen LogP contribution in [0, 0.1) is 12.3 Å². The number of rotatable bonds is 1. The van der Waals surface area contributed by atoms with Crippen LogP contribution in [0.4, 0.5) is 5.69 Å². The van der Waals surface area contributed by atoms with E-state index in [9.17, 15) is 4.79 Å². The van der Waals surface area contributed by atoms with Gasteiger partial charge in [0.15, 0.2) is 10.3 Å². The second kappa shape index (κ2) is 4.08. The third-order valence-corrected chi connectivity index (χ3v) is 1.70. The third-order valence-electron chi connectivity index (χ3n) is 1.12. The highest BCUT2D eigenvalue weighted by Gasteiger charge is 2.09. The number of nitrogens with one attached hydrogen (secondary N) is 1. The molecule has 1 aromatic rings. The second-order valence-electron chi connectivity index (χ2n) is 1.93. The molecule has 13 heavy (non-hydrogen) atoms. The molecule has 1 amide bonds. The smallest absolute Gasteiger partial charge is 0.300 e. The van der Waals surface area contributed by atoms with Crippen LogP contribution in [0.2, 0.25) is 10.3 Å². The minimum Gasteiger partial charge on any atom is -0.310 e. The van der Waals surface area contributed by atoms with Crippen LogP contribution in [0.1, 0.15) is 0 Å². The molecule has 1 N–H and O–H groups in total. The number of carbonyl (C=O) groups excluding carboxylic acids is 1. The normalized spacial score (nSPS) is 9.00. The van der Waals surface area contributed by atoms with Gasteiger partial charge in [-0.3, -0.25) is 4.79 Å². The van der Waals surface area contributed by atoms with Gasteiger partial charge in [-0.05, 0) is 5.92 Å². The fourth-order valence-corrected chi connectivity index (χ4v) is 1.01. The molecule has 0 aromatic carbocycles. The molecular formula is C7H3Cl2N3O. The lowest BCUT2D eigenvalue weighted by Gasteiger charge is -2.03. The summed E-state index contributed by atoms with van der Waals surface area (Å²) in [5, 5.41) is 2.35. The number of terminal acetylenes is 1. The summed E-state index contributed by atoms with van der Waals surface area (Å²) in [7, 11) is 0. The summed E-state index contributed by atoms with van der Waals surface area (Å²) in [6, 6.07) is 0. The summed E-state index contributed by atoms with van der Waals surface area (Å²) < 4.78 is 0. The van der Waals surface area contributed by atoms with E-state index < -0.39 is 5.91 Å². The number of hydrogen-bond acceptors (Lipinski definition) is 3. The molecule has 66 valence electrons. The molecule has 0 saturated heterocycles. The Hall–Kier alpha value is -1.31. The summed E-state index contributed by atoms with van der Waals surface area (Å²) in [4.78, 5) is 18.0. The predicted octanol–water partition coefficient (Wildman–Crippen LogP) is 1.36. The first kappa shape index (κ1) is 9.78. The van der Waals surface area contributed by atoms with Crippen LogP contribution in [0.5, 0.6) is 0 Å². The summed E-state index contributed by atoms with van der Waals surface area (Å²) in [5.74, 6) is 1.19. The molecule has 1 aromatic heterocycles. The Balaban J connectivity index is 3.01. The molecule has 0 spiro atoms. The molecule has 0 atom stereocenters. The number of hydrogen-bond donors (Lipinski definition) is 1. The maximum Gasteiger partial charge on any atom is 0.300 e.